The first-order valence-corrected chi connectivity index (χ1v) is 9.44. The van der Waals surface area contributed by atoms with Crippen LogP contribution in [0.3, 0.4) is 0 Å². The van der Waals surface area contributed by atoms with E-state index in [1.807, 2.05) is 47.0 Å². The highest BCUT2D eigenvalue weighted by Crippen LogP contribution is 2.29. The molecule has 0 saturated heterocycles. The molecule has 0 saturated carbocycles. The molecule has 0 unspecified atom stereocenters. The first-order chi connectivity index (χ1) is 12.6. The van der Waals surface area contributed by atoms with Crippen molar-refractivity contribution in [3.8, 4) is 0 Å². The van der Waals surface area contributed by atoms with Gasteiger partial charge in [0.15, 0.2) is 0 Å². The van der Waals surface area contributed by atoms with Crippen LogP contribution in [-0.4, -0.2) is 10.5 Å². The Kier molecular flexibility index (Phi) is 4.57. The number of thiophene rings is 1. The molecule has 1 amide bonds. The quantitative estimate of drug-likeness (QED) is 0.511. The van der Waals surface area contributed by atoms with Crippen molar-refractivity contribution < 1.29 is 9.21 Å². The second-order valence-corrected chi connectivity index (χ2v) is 7.84. The number of nitrogens with one attached hydrogen (secondary N) is 1. The second kappa shape index (κ2) is 7.02. The number of rotatable bonds is 5. The van der Waals surface area contributed by atoms with Crippen molar-refractivity contribution in [1.29, 1.82) is 0 Å². The van der Waals surface area contributed by atoms with Crippen LogP contribution in [-0.2, 0) is 13.1 Å². The number of fused-ring (bicyclic) bond motifs is 1. The van der Waals surface area contributed by atoms with Crippen molar-refractivity contribution in [3.05, 3.63) is 81.7 Å². The van der Waals surface area contributed by atoms with Crippen molar-refractivity contribution in [2.24, 2.45) is 0 Å². The van der Waals surface area contributed by atoms with Crippen molar-refractivity contribution in [3.63, 3.8) is 0 Å². The fourth-order valence-corrected chi connectivity index (χ4v) is 4.19. The topological polar surface area (TPSA) is 47.2 Å². The maximum atomic E-state index is 12.8. The van der Waals surface area contributed by atoms with Gasteiger partial charge >= 0.3 is 0 Å². The van der Waals surface area contributed by atoms with E-state index in [4.69, 9.17) is 16.0 Å². The average molecular weight is 385 g/mol. The minimum atomic E-state index is -0.121. The molecule has 0 aliphatic rings. The lowest BCUT2D eigenvalue weighted by Gasteiger charge is -2.11. The number of carbonyl (C=O) groups excluding carboxylic acids is 1. The number of amides is 1. The van der Waals surface area contributed by atoms with Crippen LogP contribution in [0.5, 0.6) is 0 Å². The number of benzene rings is 1. The summed E-state index contributed by atoms with van der Waals surface area (Å²) in [4.78, 5) is 14.0. The molecule has 0 fully saturated rings. The predicted molar refractivity (Wildman–Crippen MR) is 105 cm³/mol. The van der Waals surface area contributed by atoms with Gasteiger partial charge in [-0.2, -0.15) is 0 Å². The minimum absolute atomic E-state index is 0.121. The third-order valence-electron chi connectivity index (χ3n) is 4.18. The second-order valence-electron chi connectivity index (χ2n) is 6.11. The first-order valence-electron chi connectivity index (χ1n) is 8.25. The van der Waals surface area contributed by atoms with Gasteiger partial charge in [-0.1, -0.05) is 23.7 Å². The maximum absolute atomic E-state index is 12.8. The van der Waals surface area contributed by atoms with Crippen molar-refractivity contribution in [2.75, 3.05) is 0 Å². The van der Waals surface area contributed by atoms with E-state index in [9.17, 15) is 4.79 Å². The Labute approximate surface area is 160 Å². The fourth-order valence-electron chi connectivity index (χ4n) is 3.01. The Morgan fingerprint density at radius 2 is 2.12 bits per heavy atom. The number of aryl methyl sites for hydroxylation is 1. The summed E-state index contributed by atoms with van der Waals surface area (Å²) < 4.78 is 8.43. The molecule has 132 valence electrons. The van der Waals surface area contributed by atoms with E-state index in [-0.39, 0.29) is 5.91 Å². The fraction of sp³-hybridized carbons (Fsp3) is 0.150. The molecule has 0 bridgehead atoms. The number of halogens is 1. The molecule has 26 heavy (non-hydrogen) atoms. The number of carbonyl (C=O) groups is 1. The Morgan fingerprint density at radius 1 is 1.23 bits per heavy atom. The third kappa shape index (κ3) is 3.41. The summed E-state index contributed by atoms with van der Waals surface area (Å²) in [5.74, 6) is 0.605. The normalized spacial score (nSPS) is 11.2. The number of hydrogen-bond acceptors (Lipinski definition) is 3. The van der Waals surface area contributed by atoms with E-state index in [2.05, 4.69) is 18.3 Å². The van der Waals surface area contributed by atoms with Crippen LogP contribution in [0.1, 0.15) is 26.7 Å². The SMILES string of the molecule is Cc1cc2c(cc(C(=O)NCc3ccco3)n2Cc2cccc(Cl)c2)s1. The molecule has 1 N–H and O–H groups in total. The highest BCUT2D eigenvalue weighted by Gasteiger charge is 2.18. The molecule has 3 aromatic heterocycles. The van der Waals surface area contributed by atoms with Crippen molar-refractivity contribution >= 4 is 39.1 Å². The van der Waals surface area contributed by atoms with E-state index >= 15 is 0 Å². The molecule has 4 aromatic rings. The van der Waals surface area contributed by atoms with Crippen molar-refractivity contribution in [1.82, 2.24) is 9.88 Å². The van der Waals surface area contributed by atoms with Crippen LogP contribution in [0, 0.1) is 6.92 Å². The van der Waals surface area contributed by atoms with E-state index in [0.29, 0.717) is 23.8 Å². The summed E-state index contributed by atoms with van der Waals surface area (Å²) in [7, 11) is 0. The molecule has 0 atom stereocenters. The van der Waals surface area contributed by atoms with Crippen LogP contribution < -0.4 is 5.32 Å². The zero-order valence-electron chi connectivity index (χ0n) is 14.2. The van der Waals surface area contributed by atoms with Gasteiger partial charge in [0.25, 0.3) is 5.91 Å². The highest BCUT2D eigenvalue weighted by atomic mass is 35.5. The lowest BCUT2D eigenvalue weighted by Crippen LogP contribution is -2.25. The highest BCUT2D eigenvalue weighted by molar-refractivity contribution is 7.19. The molecular weight excluding hydrogens is 368 g/mol. The predicted octanol–water partition coefficient (Wildman–Crippen LogP) is 5.24. The van der Waals surface area contributed by atoms with Gasteiger partial charge < -0.3 is 14.3 Å². The van der Waals surface area contributed by atoms with E-state index in [1.54, 1.807) is 17.6 Å². The molecule has 0 aliphatic carbocycles. The monoisotopic (exact) mass is 384 g/mol. The Balaban J connectivity index is 1.67. The molecular formula is C20H17ClN2O2S. The zero-order chi connectivity index (χ0) is 18.1. The van der Waals surface area contributed by atoms with Gasteiger partial charge in [-0.05, 0) is 48.9 Å². The molecule has 4 rings (SSSR count). The first kappa shape index (κ1) is 16.9. The molecule has 6 heteroatoms. The molecule has 4 nitrogen and oxygen atoms in total. The number of aromatic nitrogens is 1. The standard InChI is InChI=1S/C20H17ClN2O2S/c1-13-8-17-19(26-13)10-18(20(24)22-11-16-6-3-7-25-16)23(17)12-14-4-2-5-15(21)9-14/h2-10H,11-12H2,1H3,(H,22,24). The summed E-state index contributed by atoms with van der Waals surface area (Å²) in [6.07, 6.45) is 1.60. The maximum Gasteiger partial charge on any atom is 0.268 e. The van der Waals surface area contributed by atoms with Crippen LogP contribution >= 0.6 is 22.9 Å². The van der Waals surface area contributed by atoms with E-state index in [0.717, 1.165) is 21.5 Å². The Bertz CT molecular complexity index is 1060. The summed E-state index contributed by atoms with van der Waals surface area (Å²) in [6.45, 7) is 3.02. The zero-order valence-corrected chi connectivity index (χ0v) is 15.7. The molecule has 0 spiro atoms. The number of furan rings is 1. The van der Waals surface area contributed by atoms with Gasteiger partial charge in [0.2, 0.25) is 0 Å². The van der Waals surface area contributed by atoms with Gasteiger partial charge in [0, 0.05) is 16.4 Å². The van der Waals surface area contributed by atoms with Gasteiger partial charge in [-0.25, -0.2) is 0 Å². The summed E-state index contributed by atoms with van der Waals surface area (Å²) in [5.41, 5.74) is 2.76. The minimum Gasteiger partial charge on any atom is -0.467 e. The molecule has 0 radical (unpaired) electrons. The van der Waals surface area contributed by atoms with Gasteiger partial charge in [-0.15, -0.1) is 11.3 Å². The lowest BCUT2D eigenvalue weighted by molar-refractivity contribution is 0.0939. The smallest absolute Gasteiger partial charge is 0.268 e. The lowest BCUT2D eigenvalue weighted by atomic mass is 10.2. The van der Waals surface area contributed by atoms with E-state index < -0.39 is 0 Å². The summed E-state index contributed by atoms with van der Waals surface area (Å²) in [6, 6.07) is 15.4. The van der Waals surface area contributed by atoms with Gasteiger partial charge in [-0.3, -0.25) is 4.79 Å². The number of hydrogen-bond donors (Lipinski definition) is 1. The van der Waals surface area contributed by atoms with Gasteiger partial charge in [0.1, 0.15) is 11.5 Å². The summed E-state index contributed by atoms with van der Waals surface area (Å²) >= 11 is 7.81. The molecule has 1 aromatic carbocycles. The number of nitrogens with zero attached hydrogens (tertiary/aromatic N) is 1. The average Bonchev–Trinajstić information content (AvgIpc) is 3.31. The van der Waals surface area contributed by atoms with Crippen molar-refractivity contribution in [2.45, 2.75) is 20.0 Å². The Hall–Kier alpha value is -2.50. The Morgan fingerprint density at radius 3 is 2.88 bits per heavy atom. The molecule has 3 heterocycles. The van der Waals surface area contributed by atoms with Crippen LogP contribution in [0.4, 0.5) is 0 Å². The van der Waals surface area contributed by atoms with Gasteiger partial charge in [0.05, 0.1) is 23.0 Å². The van der Waals surface area contributed by atoms with Crippen LogP contribution in [0.25, 0.3) is 10.2 Å². The largest absolute Gasteiger partial charge is 0.467 e. The van der Waals surface area contributed by atoms with Crippen LogP contribution in [0.15, 0.2) is 59.2 Å². The van der Waals surface area contributed by atoms with Crippen LogP contribution in [0.2, 0.25) is 5.02 Å². The summed E-state index contributed by atoms with van der Waals surface area (Å²) in [5, 5.41) is 3.62. The molecule has 0 aliphatic heterocycles. The third-order valence-corrected chi connectivity index (χ3v) is 5.40. The van der Waals surface area contributed by atoms with E-state index in [1.165, 1.54) is 4.88 Å².